The molecule has 52 valence electrons. The Morgan fingerprint density at radius 1 is 1.30 bits per heavy atom. The summed E-state index contributed by atoms with van der Waals surface area (Å²) in [6.45, 7) is 0. The molecule has 0 aromatic carbocycles. The van der Waals surface area contributed by atoms with Gasteiger partial charge in [-0.1, -0.05) is 0 Å². The van der Waals surface area contributed by atoms with Crippen molar-refractivity contribution in [3.05, 3.63) is 34.7 Å². The number of hydrogen-bond donors (Lipinski definition) is 1. The van der Waals surface area contributed by atoms with Crippen LogP contribution in [-0.2, 0) is 0 Å². The zero-order chi connectivity index (χ0) is 7.23. The van der Waals surface area contributed by atoms with Gasteiger partial charge in [0.05, 0.1) is 3.70 Å². The van der Waals surface area contributed by atoms with Crippen LogP contribution >= 0.6 is 22.6 Å². The van der Waals surface area contributed by atoms with Gasteiger partial charge in [-0.05, 0) is 28.7 Å². The van der Waals surface area contributed by atoms with E-state index in [1.54, 1.807) is 18.6 Å². The molecular weight excluding hydrogens is 241 g/mol. The van der Waals surface area contributed by atoms with E-state index in [0.717, 1.165) is 3.70 Å². The van der Waals surface area contributed by atoms with Crippen molar-refractivity contribution in [3.63, 3.8) is 0 Å². The van der Waals surface area contributed by atoms with E-state index in [0.29, 0.717) is 0 Å². The Bertz CT molecular complexity index is 220. The summed E-state index contributed by atoms with van der Waals surface area (Å²) >= 11 is 2.17. The van der Waals surface area contributed by atoms with Crippen molar-refractivity contribution >= 4 is 22.6 Å². The summed E-state index contributed by atoms with van der Waals surface area (Å²) in [4.78, 5) is 10.7. The number of rotatable bonds is 0. The van der Waals surface area contributed by atoms with Gasteiger partial charge >= 0.3 is 0 Å². The second kappa shape index (κ2) is 4.21. The molecule has 0 saturated carbocycles. The molecule has 1 heterocycles. The number of aromatic amines is 1. The van der Waals surface area contributed by atoms with E-state index >= 15 is 0 Å². The van der Waals surface area contributed by atoms with Crippen molar-refractivity contribution in [3.8, 4) is 0 Å². The van der Waals surface area contributed by atoms with E-state index in [9.17, 15) is 0 Å². The van der Waals surface area contributed by atoms with Crippen LogP contribution in [0.2, 0.25) is 0 Å². The second-order valence-corrected chi connectivity index (χ2v) is 2.70. The maximum absolute atomic E-state index is 3.85. The third-order valence-corrected chi connectivity index (χ3v) is 1.49. The second-order valence-electron chi connectivity index (χ2n) is 1.54. The Morgan fingerprint density at radius 3 is 3.00 bits per heavy atom. The average Bonchev–Trinajstić information content (AvgIpc) is 2.02. The minimum absolute atomic E-state index is 1.02. The lowest BCUT2D eigenvalue weighted by Gasteiger charge is -1.77. The molecule has 0 bridgehead atoms. The van der Waals surface area contributed by atoms with Crippen molar-refractivity contribution in [2.45, 2.75) is 0 Å². The van der Waals surface area contributed by atoms with Gasteiger partial charge in [-0.2, -0.15) is 0 Å². The van der Waals surface area contributed by atoms with Crippen LogP contribution in [0.1, 0.15) is 0 Å². The van der Waals surface area contributed by atoms with Gasteiger partial charge in [-0.3, -0.25) is 0 Å². The lowest BCUT2D eigenvalue weighted by Crippen LogP contribution is -1.67. The normalized spacial score (nSPS) is 8.50. The summed E-state index contributed by atoms with van der Waals surface area (Å²) in [5.74, 6) is 0. The fraction of sp³-hybridized carbons (Fsp3) is 0. The molecule has 0 atom stereocenters. The van der Waals surface area contributed by atoms with Gasteiger partial charge in [0.2, 0.25) is 0 Å². The van der Waals surface area contributed by atoms with Crippen molar-refractivity contribution in [2.75, 3.05) is 0 Å². The zero-order valence-corrected chi connectivity index (χ0v) is 7.32. The molecule has 0 radical (unpaired) electrons. The van der Waals surface area contributed by atoms with E-state index in [1.165, 1.54) is 6.33 Å². The molecule has 10 heavy (non-hydrogen) atoms. The predicted octanol–water partition coefficient (Wildman–Crippen LogP) is 1.53. The summed E-state index contributed by atoms with van der Waals surface area (Å²) in [5, 5.41) is 0. The fourth-order valence-corrected chi connectivity index (χ4v) is 0.773. The molecule has 0 spiro atoms. The van der Waals surface area contributed by atoms with Gasteiger partial charge in [0.25, 0.3) is 0 Å². The van der Waals surface area contributed by atoms with E-state index in [4.69, 9.17) is 0 Å². The van der Waals surface area contributed by atoms with Crippen LogP contribution in [0.25, 0.3) is 0 Å². The van der Waals surface area contributed by atoms with Crippen LogP contribution in [0.3, 0.4) is 0 Å². The van der Waals surface area contributed by atoms with Crippen LogP contribution in [0.15, 0.2) is 31.0 Å². The highest BCUT2D eigenvalue weighted by molar-refractivity contribution is 14.1. The predicted molar refractivity (Wildman–Crippen MR) is 46.7 cm³/mol. The lowest BCUT2D eigenvalue weighted by atomic mass is 10.7. The molecule has 0 fully saturated rings. The number of halogens is 1. The first-order valence-electron chi connectivity index (χ1n) is 2.72. The molecule has 1 rings (SSSR count). The van der Waals surface area contributed by atoms with E-state index < -0.39 is 0 Å². The minimum atomic E-state index is 1.02. The molecular formula is C6H6IN3. The topological polar surface area (TPSA) is 41.6 Å². The molecule has 0 amide bonds. The largest absolute Gasteiger partial charge is 0.355 e. The van der Waals surface area contributed by atoms with E-state index in [1.807, 2.05) is 6.07 Å². The Morgan fingerprint density at radius 2 is 2.10 bits per heavy atom. The smallest absolute Gasteiger partial charge is 0.115 e. The first-order valence-corrected chi connectivity index (χ1v) is 3.79. The molecule has 0 aliphatic heterocycles. The van der Waals surface area contributed by atoms with Gasteiger partial charge in [0.1, 0.15) is 6.33 Å². The zero-order valence-electron chi connectivity index (χ0n) is 5.16. The van der Waals surface area contributed by atoms with Crippen molar-refractivity contribution in [2.24, 2.45) is 0 Å². The molecule has 0 unspecified atom stereocenters. The van der Waals surface area contributed by atoms with Crippen LogP contribution in [0.4, 0.5) is 0 Å². The van der Waals surface area contributed by atoms with Gasteiger partial charge < -0.3 is 4.98 Å². The van der Waals surface area contributed by atoms with Gasteiger partial charge in [-0.15, -0.1) is 0 Å². The SMILES string of the molecule is Ic1ccncncc[nH]1. The summed E-state index contributed by atoms with van der Waals surface area (Å²) < 4.78 is 1.02. The van der Waals surface area contributed by atoms with Crippen LogP contribution in [-0.4, -0.2) is 15.0 Å². The van der Waals surface area contributed by atoms with Gasteiger partial charge in [0, 0.05) is 18.6 Å². The van der Waals surface area contributed by atoms with Gasteiger partial charge in [-0.25, -0.2) is 9.97 Å². The summed E-state index contributed by atoms with van der Waals surface area (Å²) in [6.07, 6.45) is 6.58. The molecule has 0 aliphatic carbocycles. The maximum Gasteiger partial charge on any atom is 0.115 e. The Labute approximate surface area is 72.4 Å². The average molecular weight is 247 g/mol. The number of H-pyrrole nitrogens is 1. The van der Waals surface area contributed by atoms with Crippen LogP contribution < -0.4 is 0 Å². The number of nitrogens with one attached hydrogen (secondary N) is 1. The van der Waals surface area contributed by atoms with Crippen molar-refractivity contribution in [1.82, 2.24) is 15.0 Å². The summed E-state index contributed by atoms with van der Waals surface area (Å²) in [5.41, 5.74) is 0. The molecule has 0 saturated heterocycles. The van der Waals surface area contributed by atoms with Crippen LogP contribution in [0.5, 0.6) is 0 Å². The standard InChI is InChI=1S/C6H6IN3/c7-6-1-2-8-5-9-3-4-10-6/h1-5,10H. The number of aromatic nitrogens is 3. The first kappa shape index (κ1) is 7.46. The molecule has 4 heteroatoms. The number of nitrogens with zero attached hydrogens (tertiary/aromatic N) is 2. The fourth-order valence-electron chi connectivity index (χ4n) is 0.432. The molecule has 1 aromatic rings. The maximum atomic E-state index is 3.85. The lowest BCUT2D eigenvalue weighted by molar-refractivity contribution is 1.20. The molecule has 1 aromatic heterocycles. The number of hydrogen-bond acceptors (Lipinski definition) is 2. The Balaban J connectivity index is 3.13. The highest BCUT2D eigenvalue weighted by Crippen LogP contribution is 1.91. The Hall–Kier alpha value is -0.650. The summed E-state index contributed by atoms with van der Waals surface area (Å²) in [7, 11) is 0. The van der Waals surface area contributed by atoms with E-state index in [2.05, 4.69) is 37.5 Å². The highest BCUT2D eigenvalue weighted by Gasteiger charge is 1.72. The monoisotopic (exact) mass is 247 g/mol. The Kier molecular flexibility index (Phi) is 3.14. The van der Waals surface area contributed by atoms with Crippen molar-refractivity contribution < 1.29 is 0 Å². The molecule has 0 aliphatic rings. The van der Waals surface area contributed by atoms with Gasteiger partial charge in [0.15, 0.2) is 0 Å². The highest BCUT2D eigenvalue weighted by atomic mass is 127. The third-order valence-electron chi connectivity index (χ3n) is 0.822. The first-order chi connectivity index (χ1) is 4.89. The van der Waals surface area contributed by atoms with E-state index in [-0.39, 0.29) is 0 Å². The quantitative estimate of drug-likeness (QED) is 0.706. The molecule has 1 N–H and O–H groups in total. The van der Waals surface area contributed by atoms with Crippen LogP contribution in [0, 0.1) is 3.70 Å². The minimum Gasteiger partial charge on any atom is -0.355 e. The molecule has 3 nitrogen and oxygen atoms in total. The third kappa shape index (κ3) is 2.77. The van der Waals surface area contributed by atoms with Crippen molar-refractivity contribution in [1.29, 1.82) is 0 Å². The summed E-state index contributed by atoms with van der Waals surface area (Å²) in [6, 6.07) is 1.86.